The molecule has 3 N–H and O–H groups in total. The average Bonchev–Trinajstić information content (AvgIpc) is 3.07. The van der Waals surface area contributed by atoms with Crippen molar-refractivity contribution in [3.8, 4) is 11.1 Å². The summed E-state index contributed by atoms with van der Waals surface area (Å²) in [6, 6.07) is 15.0. The second-order valence-electron chi connectivity index (χ2n) is 6.92. The molecule has 2 aromatic carbocycles. The van der Waals surface area contributed by atoms with E-state index in [-0.39, 0.29) is 19.1 Å². The van der Waals surface area contributed by atoms with Crippen LogP contribution in [0.5, 0.6) is 0 Å². The molecular weight excluding hydrogens is 404 g/mol. The van der Waals surface area contributed by atoms with Gasteiger partial charge in [-0.1, -0.05) is 48.5 Å². The maximum absolute atomic E-state index is 12.1. The van der Waals surface area contributed by atoms with Crippen LogP contribution < -0.4 is 10.6 Å². The molecule has 0 heterocycles. The number of alkyl carbamates (subject to hydrolysis) is 1. The molecule has 1 atom stereocenters. The fraction of sp³-hybridized carbons (Fsp3) is 0.318. The highest BCUT2D eigenvalue weighted by Crippen LogP contribution is 2.44. The number of carbonyl (C=O) groups is 3. The molecule has 7 nitrogen and oxygen atoms in total. The molecule has 30 heavy (non-hydrogen) atoms. The second kappa shape index (κ2) is 10.2. The molecular formula is C22H24N2O5S. The normalized spacial score (nSPS) is 13.1. The van der Waals surface area contributed by atoms with Crippen LogP contribution in [0.4, 0.5) is 4.79 Å². The first kappa shape index (κ1) is 21.7. The van der Waals surface area contributed by atoms with Crippen molar-refractivity contribution in [3.63, 3.8) is 0 Å². The maximum Gasteiger partial charge on any atom is 0.407 e. The quantitative estimate of drug-likeness (QED) is 0.567. The van der Waals surface area contributed by atoms with Crippen LogP contribution in [0.15, 0.2) is 48.5 Å². The largest absolute Gasteiger partial charge is 0.480 e. The van der Waals surface area contributed by atoms with Crippen molar-refractivity contribution in [3.05, 3.63) is 59.7 Å². The number of carboxylic acid groups (broad SMARTS) is 1. The smallest absolute Gasteiger partial charge is 0.407 e. The van der Waals surface area contributed by atoms with Gasteiger partial charge in [0.1, 0.15) is 19.2 Å². The number of thioether (sulfide) groups is 1. The van der Waals surface area contributed by atoms with Gasteiger partial charge in [0.05, 0.1) is 0 Å². The van der Waals surface area contributed by atoms with Crippen LogP contribution in [0.2, 0.25) is 0 Å². The molecule has 3 rings (SSSR count). The molecule has 1 aliphatic carbocycles. The van der Waals surface area contributed by atoms with E-state index < -0.39 is 24.0 Å². The molecule has 2 aromatic rings. The van der Waals surface area contributed by atoms with Gasteiger partial charge >= 0.3 is 12.1 Å². The van der Waals surface area contributed by atoms with Crippen LogP contribution in [0.25, 0.3) is 11.1 Å². The van der Waals surface area contributed by atoms with Gasteiger partial charge in [-0.3, -0.25) is 4.79 Å². The number of benzene rings is 2. The Balaban J connectivity index is 1.52. The summed E-state index contributed by atoms with van der Waals surface area (Å²) in [7, 11) is 0. The third-order valence-corrected chi connectivity index (χ3v) is 5.62. The molecule has 0 spiro atoms. The lowest BCUT2D eigenvalue weighted by molar-refractivity contribution is -0.141. The van der Waals surface area contributed by atoms with E-state index in [0.29, 0.717) is 12.2 Å². The van der Waals surface area contributed by atoms with Gasteiger partial charge in [0.2, 0.25) is 5.91 Å². The third-order valence-electron chi connectivity index (χ3n) is 4.98. The molecule has 0 fully saturated rings. The fourth-order valence-electron chi connectivity index (χ4n) is 3.54. The van der Waals surface area contributed by atoms with Crippen molar-refractivity contribution >= 4 is 29.7 Å². The van der Waals surface area contributed by atoms with Crippen LogP contribution in [0.3, 0.4) is 0 Å². The van der Waals surface area contributed by atoms with E-state index in [9.17, 15) is 14.4 Å². The Morgan fingerprint density at radius 3 is 2.23 bits per heavy atom. The van der Waals surface area contributed by atoms with E-state index in [1.807, 2.05) is 42.7 Å². The van der Waals surface area contributed by atoms with Crippen LogP contribution in [-0.4, -0.2) is 54.3 Å². The summed E-state index contributed by atoms with van der Waals surface area (Å²) in [6.45, 7) is -0.202. The predicted octanol–water partition coefficient (Wildman–Crippen LogP) is 2.85. The zero-order valence-electron chi connectivity index (χ0n) is 16.6. The summed E-state index contributed by atoms with van der Waals surface area (Å²) < 4.78 is 5.36. The molecule has 0 aromatic heterocycles. The summed E-state index contributed by atoms with van der Waals surface area (Å²) in [5.41, 5.74) is 4.46. The number of carboxylic acids is 1. The number of hydrogen-bond donors (Lipinski definition) is 3. The lowest BCUT2D eigenvalue weighted by atomic mass is 9.98. The summed E-state index contributed by atoms with van der Waals surface area (Å²) >= 11 is 1.50. The minimum Gasteiger partial charge on any atom is -0.480 e. The third kappa shape index (κ3) is 5.13. The number of amides is 2. The molecule has 8 heteroatoms. The Labute approximate surface area is 179 Å². The van der Waals surface area contributed by atoms with Crippen LogP contribution in [0.1, 0.15) is 23.5 Å². The summed E-state index contributed by atoms with van der Waals surface area (Å²) in [5.74, 6) is -1.13. The fourth-order valence-corrected chi connectivity index (χ4v) is 4.01. The highest BCUT2D eigenvalue weighted by atomic mass is 32.2. The maximum atomic E-state index is 12.1. The predicted molar refractivity (Wildman–Crippen MR) is 116 cm³/mol. The van der Waals surface area contributed by atoms with E-state index in [4.69, 9.17) is 9.84 Å². The first-order valence-corrected chi connectivity index (χ1v) is 11.0. The Kier molecular flexibility index (Phi) is 7.35. The minimum absolute atomic E-state index is 0.0695. The molecule has 0 bridgehead atoms. The Bertz CT molecular complexity index is 888. The molecule has 0 radical (unpaired) electrons. The Hall–Kier alpha value is -3.00. The zero-order valence-corrected chi connectivity index (χ0v) is 17.4. The van der Waals surface area contributed by atoms with Crippen molar-refractivity contribution in [1.29, 1.82) is 0 Å². The number of rotatable bonds is 9. The van der Waals surface area contributed by atoms with Crippen molar-refractivity contribution in [2.75, 3.05) is 25.2 Å². The SMILES string of the molecule is CSCC[C@H](NC(=O)CNC(=O)OCC1c2ccccc2-c2ccccc21)C(=O)O. The topological polar surface area (TPSA) is 105 Å². The zero-order chi connectivity index (χ0) is 21.5. The average molecular weight is 429 g/mol. The summed E-state index contributed by atoms with van der Waals surface area (Å²) in [4.78, 5) is 35.2. The Morgan fingerprint density at radius 1 is 1.07 bits per heavy atom. The van der Waals surface area contributed by atoms with E-state index in [1.54, 1.807) is 0 Å². The van der Waals surface area contributed by atoms with Gasteiger partial charge in [0.15, 0.2) is 0 Å². The van der Waals surface area contributed by atoms with Gasteiger partial charge in [0.25, 0.3) is 0 Å². The highest BCUT2D eigenvalue weighted by molar-refractivity contribution is 7.98. The van der Waals surface area contributed by atoms with Crippen LogP contribution in [-0.2, 0) is 14.3 Å². The monoisotopic (exact) mass is 428 g/mol. The number of carbonyl (C=O) groups excluding carboxylic acids is 2. The van der Waals surface area contributed by atoms with Gasteiger partial charge in [-0.25, -0.2) is 9.59 Å². The number of nitrogens with one attached hydrogen (secondary N) is 2. The van der Waals surface area contributed by atoms with Gasteiger partial charge < -0.3 is 20.5 Å². The van der Waals surface area contributed by atoms with E-state index in [0.717, 1.165) is 22.3 Å². The summed E-state index contributed by atoms with van der Waals surface area (Å²) in [6.07, 6.45) is 1.45. The van der Waals surface area contributed by atoms with E-state index >= 15 is 0 Å². The van der Waals surface area contributed by atoms with Crippen molar-refractivity contribution in [2.45, 2.75) is 18.4 Å². The van der Waals surface area contributed by atoms with Gasteiger partial charge in [0, 0.05) is 5.92 Å². The van der Waals surface area contributed by atoms with Crippen LogP contribution in [0, 0.1) is 0 Å². The first-order chi connectivity index (χ1) is 14.5. The molecule has 1 aliphatic rings. The lowest BCUT2D eigenvalue weighted by Gasteiger charge is -2.16. The van der Waals surface area contributed by atoms with Crippen molar-refractivity contribution < 1.29 is 24.2 Å². The molecule has 0 aliphatic heterocycles. The second-order valence-corrected chi connectivity index (χ2v) is 7.90. The molecule has 0 saturated carbocycles. The summed E-state index contributed by atoms with van der Waals surface area (Å²) in [5, 5.41) is 13.9. The Morgan fingerprint density at radius 2 is 1.67 bits per heavy atom. The number of fused-ring (bicyclic) bond motifs is 3. The van der Waals surface area contributed by atoms with Crippen molar-refractivity contribution in [2.24, 2.45) is 0 Å². The van der Waals surface area contributed by atoms with E-state index in [2.05, 4.69) is 22.8 Å². The number of hydrogen-bond acceptors (Lipinski definition) is 5. The van der Waals surface area contributed by atoms with Crippen molar-refractivity contribution in [1.82, 2.24) is 10.6 Å². The molecule has 0 unspecified atom stereocenters. The van der Waals surface area contributed by atoms with E-state index in [1.165, 1.54) is 11.8 Å². The standard InChI is InChI=1S/C22H24N2O5S/c1-30-11-10-19(21(26)27)24-20(25)12-23-22(28)29-13-18-16-8-4-2-6-14(16)15-7-3-5-9-17(15)18/h2-9,18-19H,10-13H2,1H3,(H,23,28)(H,24,25)(H,26,27)/t19-/m0/s1. The number of ether oxygens (including phenoxy) is 1. The van der Waals surface area contributed by atoms with Gasteiger partial charge in [-0.2, -0.15) is 11.8 Å². The molecule has 0 saturated heterocycles. The highest BCUT2D eigenvalue weighted by Gasteiger charge is 2.29. The minimum atomic E-state index is -1.10. The molecule has 158 valence electrons. The lowest BCUT2D eigenvalue weighted by Crippen LogP contribution is -2.45. The first-order valence-electron chi connectivity index (χ1n) is 9.61. The van der Waals surface area contributed by atoms with Gasteiger partial charge in [-0.15, -0.1) is 0 Å². The number of aliphatic carboxylic acids is 1. The molecule has 2 amide bonds. The van der Waals surface area contributed by atoms with Crippen LogP contribution >= 0.6 is 11.8 Å². The van der Waals surface area contributed by atoms with Gasteiger partial charge in [-0.05, 0) is 40.7 Å².